The summed E-state index contributed by atoms with van der Waals surface area (Å²) in [5.41, 5.74) is 3.25. The van der Waals surface area contributed by atoms with E-state index in [2.05, 4.69) is 22.3 Å². The molecule has 6 nitrogen and oxygen atoms in total. The number of benzene rings is 2. The number of rotatable bonds is 7. The first-order valence-electron chi connectivity index (χ1n) is 9.14. The minimum absolute atomic E-state index is 0.0917. The van der Waals surface area contributed by atoms with Gasteiger partial charge in [-0.05, 0) is 24.1 Å². The maximum absolute atomic E-state index is 12.2. The molecule has 2 heterocycles. The van der Waals surface area contributed by atoms with Crippen LogP contribution in [0.25, 0.3) is 16.2 Å². The highest BCUT2D eigenvalue weighted by atomic mass is 32.1. The normalized spacial score (nSPS) is 10.9. The number of ether oxygens (including phenoxy) is 1. The number of carbonyl (C=O) groups excluding carboxylic acids is 1. The number of anilines is 1. The predicted molar refractivity (Wildman–Crippen MR) is 111 cm³/mol. The van der Waals surface area contributed by atoms with E-state index in [0.29, 0.717) is 5.75 Å². The van der Waals surface area contributed by atoms with Crippen LogP contribution in [0.15, 0.2) is 60.0 Å². The third-order valence-corrected chi connectivity index (χ3v) is 5.05. The van der Waals surface area contributed by atoms with Gasteiger partial charge in [0.15, 0.2) is 6.61 Å². The van der Waals surface area contributed by atoms with Crippen LogP contribution in [0.1, 0.15) is 18.9 Å². The van der Waals surface area contributed by atoms with E-state index in [1.807, 2.05) is 60.0 Å². The van der Waals surface area contributed by atoms with Gasteiger partial charge in [-0.2, -0.15) is 4.98 Å². The van der Waals surface area contributed by atoms with Crippen molar-refractivity contribution in [3.63, 3.8) is 0 Å². The number of hydrogen-bond donors (Lipinski definition) is 1. The van der Waals surface area contributed by atoms with Gasteiger partial charge >= 0.3 is 0 Å². The minimum atomic E-state index is -0.294. The Morgan fingerprint density at radius 3 is 2.68 bits per heavy atom. The number of nitrogens with one attached hydrogen (secondary N) is 1. The van der Waals surface area contributed by atoms with Crippen LogP contribution in [0.3, 0.4) is 0 Å². The lowest BCUT2D eigenvalue weighted by Gasteiger charge is -2.06. The fraction of sp³-hybridized carbons (Fsp3) is 0.190. The van der Waals surface area contributed by atoms with E-state index in [-0.39, 0.29) is 18.5 Å². The van der Waals surface area contributed by atoms with Crippen LogP contribution in [0.5, 0.6) is 5.75 Å². The number of carbonyl (C=O) groups is 1. The van der Waals surface area contributed by atoms with Crippen molar-refractivity contribution in [3.05, 3.63) is 65.5 Å². The first-order valence-corrected chi connectivity index (χ1v) is 10.0. The second kappa shape index (κ2) is 8.22. The Labute approximate surface area is 166 Å². The Hall–Kier alpha value is -3.19. The maximum Gasteiger partial charge on any atom is 0.264 e. The molecule has 0 saturated carbocycles. The molecule has 0 unspecified atom stereocenters. The molecule has 4 rings (SSSR count). The Kier molecular flexibility index (Phi) is 5.34. The minimum Gasteiger partial charge on any atom is -0.484 e. The number of thiazole rings is 1. The molecule has 2 aromatic heterocycles. The van der Waals surface area contributed by atoms with Gasteiger partial charge in [0.1, 0.15) is 5.75 Å². The quantitative estimate of drug-likeness (QED) is 0.505. The van der Waals surface area contributed by atoms with Crippen LogP contribution in [0, 0.1) is 0 Å². The van der Waals surface area contributed by atoms with Gasteiger partial charge in [-0.15, -0.1) is 16.4 Å². The average molecular weight is 392 g/mol. The van der Waals surface area contributed by atoms with Gasteiger partial charge < -0.3 is 4.74 Å². The van der Waals surface area contributed by atoms with Crippen molar-refractivity contribution in [2.45, 2.75) is 19.8 Å². The summed E-state index contributed by atoms with van der Waals surface area (Å²) in [6.07, 6.45) is 2.14. The van der Waals surface area contributed by atoms with Crippen LogP contribution in [-0.4, -0.2) is 27.1 Å². The molecule has 0 spiro atoms. The molecule has 0 atom stereocenters. The molecule has 1 N–H and O–H groups in total. The van der Waals surface area contributed by atoms with Gasteiger partial charge in [0, 0.05) is 10.9 Å². The van der Waals surface area contributed by atoms with Crippen molar-refractivity contribution < 1.29 is 9.53 Å². The summed E-state index contributed by atoms with van der Waals surface area (Å²) < 4.78 is 7.29. The Balaban J connectivity index is 1.39. The summed E-state index contributed by atoms with van der Waals surface area (Å²) in [6.45, 7) is 2.05. The molecule has 0 aliphatic rings. The van der Waals surface area contributed by atoms with Gasteiger partial charge in [-0.25, -0.2) is 4.52 Å². The molecule has 28 heavy (non-hydrogen) atoms. The zero-order valence-corrected chi connectivity index (χ0v) is 16.3. The summed E-state index contributed by atoms with van der Waals surface area (Å²) in [6, 6.07) is 17.8. The second-order valence-corrected chi connectivity index (χ2v) is 7.18. The zero-order valence-electron chi connectivity index (χ0n) is 15.5. The van der Waals surface area contributed by atoms with Crippen molar-refractivity contribution in [1.29, 1.82) is 0 Å². The first kappa shape index (κ1) is 18.2. The first-order chi connectivity index (χ1) is 13.7. The van der Waals surface area contributed by atoms with Crippen molar-refractivity contribution in [2.75, 3.05) is 11.9 Å². The largest absolute Gasteiger partial charge is 0.484 e. The number of fused-ring (bicyclic) bond motifs is 1. The molecule has 2 aromatic carbocycles. The number of nitrogens with zero attached hydrogens (tertiary/aromatic N) is 3. The van der Waals surface area contributed by atoms with Gasteiger partial charge in [0.05, 0.1) is 5.69 Å². The van der Waals surface area contributed by atoms with Gasteiger partial charge in [0.2, 0.25) is 4.96 Å². The average Bonchev–Trinajstić information content (AvgIpc) is 3.28. The number of hydrogen-bond acceptors (Lipinski definition) is 5. The highest BCUT2D eigenvalue weighted by Gasteiger charge is 2.13. The molecule has 0 radical (unpaired) electrons. The SMILES string of the molecule is CCCc1ccc(OCC(=O)Nc2nc3scc(-c4ccccc4)n3n2)cc1. The number of aromatic nitrogens is 3. The molecule has 0 aliphatic carbocycles. The van der Waals surface area contributed by atoms with Gasteiger partial charge in [0.25, 0.3) is 11.9 Å². The molecular formula is C21H20N4O2S. The van der Waals surface area contributed by atoms with Crippen LogP contribution < -0.4 is 10.1 Å². The summed E-state index contributed by atoms with van der Waals surface area (Å²) in [5.74, 6) is 0.647. The number of amides is 1. The second-order valence-electron chi connectivity index (χ2n) is 6.35. The lowest BCUT2D eigenvalue weighted by molar-refractivity contribution is -0.118. The Bertz CT molecular complexity index is 1070. The van der Waals surface area contributed by atoms with E-state index in [1.54, 1.807) is 4.52 Å². The van der Waals surface area contributed by atoms with E-state index in [0.717, 1.165) is 29.1 Å². The fourth-order valence-electron chi connectivity index (χ4n) is 2.89. The van der Waals surface area contributed by atoms with Gasteiger partial charge in [-0.3, -0.25) is 10.1 Å². The van der Waals surface area contributed by atoms with E-state index in [9.17, 15) is 4.79 Å². The van der Waals surface area contributed by atoms with E-state index in [4.69, 9.17) is 4.74 Å². The molecule has 0 saturated heterocycles. The third-order valence-electron chi connectivity index (χ3n) is 4.23. The van der Waals surface area contributed by atoms with Crippen LogP contribution in [-0.2, 0) is 11.2 Å². The molecule has 1 amide bonds. The number of aryl methyl sites for hydroxylation is 1. The summed E-state index contributed by atoms with van der Waals surface area (Å²) >= 11 is 1.48. The molecule has 0 bridgehead atoms. The van der Waals surface area contributed by atoms with Gasteiger partial charge in [-0.1, -0.05) is 55.8 Å². The fourth-order valence-corrected chi connectivity index (χ4v) is 3.72. The van der Waals surface area contributed by atoms with Crippen molar-refractivity contribution in [1.82, 2.24) is 14.6 Å². The van der Waals surface area contributed by atoms with E-state index >= 15 is 0 Å². The molecule has 7 heteroatoms. The smallest absolute Gasteiger partial charge is 0.264 e. The predicted octanol–water partition coefficient (Wildman–Crippen LogP) is 4.43. The van der Waals surface area contributed by atoms with Crippen LogP contribution >= 0.6 is 11.3 Å². The summed E-state index contributed by atoms with van der Waals surface area (Å²) in [7, 11) is 0. The molecule has 4 aromatic rings. The molecule has 0 aliphatic heterocycles. The third kappa shape index (κ3) is 4.04. The highest BCUT2D eigenvalue weighted by molar-refractivity contribution is 7.15. The molecule has 0 fully saturated rings. The van der Waals surface area contributed by atoms with Crippen molar-refractivity contribution in [2.24, 2.45) is 0 Å². The van der Waals surface area contributed by atoms with Crippen LogP contribution in [0.4, 0.5) is 5.95 Å². The molecule has 142 valence electrons. The highest BCUT2D eigenvalue weighted by Crippen LogP contribution is 2.25. The Morgan fingerprint density at radius 2 is 1.93 bits per heavy atom. The topological polar surface area (TPSA) is 68.5 Å². The summed E-state index contributed by atoms with van der Waals surface area (Å²) in [4.78, 5) is 17.3. The monoisotopic (exact) mass is 392 g/mol. The Morgan fingerprint density at radius 1 is 1.14 bits per heavy atom. The maximum atomic E-state index is 12.2. The summed E-state index contributed by atoms with van der Waals surface area (Å²) in [5, 5.41) is 9.10. The van der Waals surface area contributed by atoms with Crippen molar-refractivity contribution >= 4 is 28.2 Å². The molecular weight excluding hydrogens is 372 g/mol. The van der Waals surface area contributed by atoms with Crippen LogP contribution in [0.2, 0.25) is 0 Å². The lowest BCUT2D eigenvalue weighted by Crippen LogP contribution is -2.21. The lowest BCUT2D eigenvalue weighted by atomic mass is 10.1. The van der Waals surface area contributed by atoms with Crippen molar-refractivity contribution in [3.8, 4) is 17.0 Å². The van der Waals surface area contributed by atoms with E-state index in [1.165, 1.54) is 16.9 Å². The van der Waals surface area contributed by atoms with E-state index < -0.39 is 0 Å². The zero-order chi connectivity index (χ0) is 19.3. The standard InChI is InChI=1S/C21H20N4O2S/c1-2-6-15-9-11-17(12-10-15)27-13-19(26)22-20-23-21-25(24-20)18(14-28-21)16-7-4-3-5-8-16/h3-5,7-12,14H,2,6,13H2,1H3,(H,22,24,26).